The van der Waals surface area contributed by atoms with E-state index >= 15 is 0 Å². The van der Waals surface area contributed by atoms with Crippen molar-refractivity contribution in [1.29, 1.82) is 0 Å². The van der Waals surface area contributed by atoms with Gasteiger partial charge in [-0.3, -0.25) is 0 Å². The Hall–Kier alpha value is -2.08. The third-order valence-electron chi connectivity index (χ3n) is 2.24. The molecular weight excluding hydrogens is 238 g/mol. The predicted molar refractivity (Wildman–Crippen MR) is 67.3 cm³/mol. The number of nitrogens with one attached hydrogen (secondary N) is 1. The summed E-state index contributed by atoms with van der Waals surface area (Å²) in [4.78, 5) is 15.0. The standard InChI is InChI=1S/C11H11N3O2S/c12-10-2-1-7(3-9(10)11(15)16)13-4-8-5-17-6-14-8/h1-3,5-6,13H,4,12H2,(H,15,16). The molecular formula is C11H11N3O2S. The van der Waals surface area contributed by atoms with Crippen LogP contribution >= 0.6 is 11.3 Å². The summed E-state index contributed by atoms with van der Waals surface area (Å²) in [6.07, 6.45) is 0. The maximum Gasteiger partial charge on any atom is 0.337 e. The summed E-state index contributed by atoms with van der Waals surface area (Å²) in [5.74, 6) is -1.03. The van der Waals surface area contributed by atoms with Gasteiger partial charge in [0.2, 0.25) is 0 Å². The van der Waals surface area contributed by atoms with Gasteiger partial charge in [0.15, 0.2) is 0 Å². The fourth-order valence-corrected chi connectivity index (χ4v) is 1.93. The topological polar surface area (TPSA) is 88.2 Å². The molecule has 0 unspecified atom stereocenters. The highest BCUT2D eigenvalue weighted by Gasteiger charge is 2.08. The Labute approximate surface area is 102 Å². The first-order valence-electron chi connectivity index (χ1n) is 4.90. The van der Waals surface area contributed by atoms with Gasteiger partial charge in [0, 0.05) is 16.8 Å². The number of thiazole rings is 1. The molecule has 0 spiro atoms. The predicted octanol–water partition coefficient (Wildman–Crippen LogP) is 2.04. The van der Waals surface area contributed by atoms with Gasteiger partial charge in [-0.2, -0.15) is 0 Å². The molecule has 0 amide bonds. The van der Waals surface area contributed by atoms with Gasteiger partial charge < -0.3 is 16.2 Å². The van der Waals surface area contributed by atoms with E-state index in [1.54, 1.807) is 17.6 Å². The zero-order chi connectivity index (χ0) is 12.3. The minimum absolute atomic E-state index is 0.105. The molecule has 17 heavy (non-hydrogen) atoms. The van der Waals surface area contributed by atoms with Crippen LogP contribution in [-0.4, -0.2) is 16.1 Å². The molecule has 4 N–H and O–H groups in total. The molecule has 0 fully saturated rings. The average molecular weight is 249 g/mol. The number of benzene rings is 1. The number of carboxylic acids is 1. The second kappa shape index (κ2) is 4.84. The van der Waals surface area contributed by atoms with Crippen molar-refractivity contribution >= 4 is 28.7 Å². The molecule has 0 saturated carbocycles. The Morgan fingerprint density at radius 3 is 3.00 bits per heavy atom. The van der Waals surface area contributed by atoms with Crippen molar-refractivity contribution in [2.24, 2.45) is 0 Å². The first-order valence-corrected chi connectivity index (χ1v) is 5.85. The van der Waals surface area contributed by atoms with Gasteiger partial charge in [-0.15, -0.1) is 11.3 Å². The van der Waals surface area contributed by atoms with Crippen molar-refractivity contribution in [1.82, 2.24) is 4.98 Å². The molecule has 0 aliphatic carbocycles. The molecule has 0 bridgehead atoms. The molecule has 0 atom stereocenters. The maximum atomic E-state index is 10.9. The number of nitrogens with zero attached hydrogens (tertiary/aromatic N) is 1. The number of hydrogen-bond acceptors (Lipinski definition) is 5. The lowest BCUT2D eigenvalue weighted by Crippen LogP contribution is -2.05. The van der Waals surface area contributed by atoms with E-state index in [2.05, 4.69) is 10.3 Å². The molecule has 1 aromatic carbocycles. The lowest BCUT2D eigenvalue weighted by Gasteiger charge is -2.07. The van der Waals surface area contributed by atoms with Crippen molar-refractivity contribution in [3.63, 3.8) is 0 Å². The molecule has 2 aromatic rings. The number of hydrogen-bond donors (Lipinski definition) is 3. The number of rotatable bonds is 4. The van der Waals surface area contributed by atoms with Gasteiger partial charge >= 0.3 is 5.97 Å². The Bertz CT molecular complexity index is 526. The maximum absolute atomic E-state index is 10.9. The van der Waals surface area contributed by atoms with Gasteiger partial charge in [0.25, 0.3) is 0 Å². The highest BCUT2D eigenvalue weighted by atomic mass is 32.1. The lowest BCUT2D eigenvalue weighted by atomic mass is 10.1. The van der Waals surface area contributed by atoms with Crippen molar-refractivity contribution < 1.29 is 9.90 Å². The SMILES string of the molecule is Nc1ccc(NCc2cscn2)cc1C(=O)O. The number of nitrogens with two attached hydrogens (primary N) is 1. The number of aromatic nitrogens is 1. The Balaban J connectivity index is 2.11. The number of aromatic carboxylic acids is 1. The van der Waals surface area contributed by atoms with E-state index in [0.717, 1.165) is 5.69 Å². The molecule has 1 aromatic heterocycles. The number of carbonyl (C=O) groups is 1. The van der Waals surface area contributed by atoms with Crippen molar-refractivity contribution in [3.8, 4) is 0 Å². The van der Waals surface area contributed by atoms with E-state index in [0.29, 0.717) is 12.2 Å². The molecule has 88 valence electrons. The third-order valence-corrected chi connectivity index (χ3v) is 2.88. The third kappa shape index (κ3) is 2.73. The van der Waals surface area contributed by atoms with Crippen LogP contribution in [0, 0.1) is 0 Å². The van der Waals surface area contributed by atoms with Crippen LogP contribution in [0.25, 0.3) is 0 Å². The summed E-state index contributed by atoms with van der Waals surface area (Å²) in [6, 6.07) is 4.84. The second-order valence-corrected chi connectivity index (χ2v) is 4.16. The summed E-state index contributed by atoms with van der Waals surface area (Å²) in [7, 11) is 0. The fraction of sp³-hybridized carbons (Fsp3) is 0.0909. The zero-order valence-corrected chi connectivity index (χ0v) is 9.70. The van der Waals surface area contributed by atoms with Crippen molar-refractivity contribution in [2.45, 2.75) is 6.54 Å². The summed E-state index contributed by atoms with van der Waals surface area (Å²) >= 11 is 1.52. The minimum atomic E-state index is -1.03. The van der Waals surface area contributed by atoms with Crippen LogP contribution in [0.4, 0.5) is 11.4 Å². The summed E-state index contributed by atoms with van der Waals surface area (Å²) in [5, 5.41) is 14.0. The lowest BCUT2D eigenvalue weighted by molar-refractivity contribution is 0.0698. The van der Waals surface area contributed by atoms with Crippen LogP contribution in [0.2, 0.25) is 0 Å². The van der Waals surface area contributed by atoms with E-state index in [4.69, 9.17) is 10.8 Å². The normalized spacial score (nSPS) is 10.1. The molecule has 0 radical (unpaired) electrons. The number of nitrogen functional groups attached to an aromatic ring is 1. The first kappa shape index (κ1) is 11.4. The highest BCUT2D eigenvalue weighted by molar-refractivity contribution is 7.07. The van der Waals surface area contributed by atoms with Gasteiger partial charge in [0.1, 0.15) is 0 Å². The molecule has 2 rings (SSSR count). The molecule has 0 aliphatic rings. The second-order valence-electron chi connectivity index (χ2n) is 3.44. The van der Waals surface area contributed by atoms with Crippen LogP contribution in [0.5, 0.6) is 0 Å². The quantitative estimate of drug-likeness (QED) is 0.721. The largest absolute Gasteiger partial charge is 0.478 e. The van der Waals surface area contributed by atoms with Crippen molar-refractivity contribution in [3.05, 3.63) is 40.3 Å². The number of carboxylic acid groups (broad SMARTS) is 1. The van der Waals surface area contributed by atoms with E-state index in [1.165, 1.54) is 17.4 Å². The Morgan fingerprint density at radius 2 is 2.35 bits per heavy atom. The summed E-state index contributed by atoms with van der Waals surface area (Å²) in [5.41, 5.74) is 9.31. The van der Waals surface area contributed by atoms with Gasteiger partial charge in [-0.25, -0.2) is 9.78 Å². The fourth-order valence-electron chi connectivity index (χ4n) is 1.37. The van der Waals surface area contributed by atoms with Crippen LogP contribution in [0.1, 0.15) is 16.1 Å². The van der Waals surface area contributed by atoms with E-state index < -0.39 is 5.97 Å². The molecule has 0 saturated heterocycles. The first-order chi connectivity index (χ1) is 8.16. The Kier molecular flexibility index (Phi) is 3.24. The van der Waals surface area contributed by atoms with Crippen LogP contribution in [-0.2, 0) is 6.54 Å². The average Bonchev–Trinajstić information content (AvgIpc) is 2.80. The van der Waals surface area contributed by atoms with E-state index in [1.807, 2.05) is 5.38 Å². The van der Waals surface area contributed by atoms with Gasteiger partial charge in [-0.05, 0) is 18.2 Å². The molecule has 1 heterocycles. The van der Waals surface area contributed by atoms with Gasteiger partial charge in [0.05, 0.1) is 23.3 Å². The van der Waals surface area contributed by atoms with Crippen LogP contribution in [0.15, 0.2) is 29.1 Å². The monoisotopic (exact) mass is 249 g/mol. The van der Waals surface area contributed by atoms with Crippen LogP contribution in [0.3, 0.4) is 0 Å². The summed E-state index contributed by atoms with van der Waals surface area (Å²) in [6.45, 7) is 0.562. The van der Waals surface area contributed by atoms with E-state index in [9.17, 15) is 4.79 Å². The molecule has 6 heteroatoms. The molecule has 0 aliphatic heterocycles. The van der Waals surface area contributed by atoms with Gasteiger partial charge in [-0.1, -0.05) is 0 Å². The Morgan fingerprint density at radius 1 is 1.53 bits per heavy atom. The number of anilines is 2. The van der Waals surface area contributed by atoms with E-state index in [-0.39, 0.29) is 11.3 Å². The molecule has 5 nitrogen and oxygen atoms in total. The minimum Gasteiger partial charge on any atom is -0.478 e. The zero-order valence-electron chi connectivity index (χ0n) is 8.88. The smallest absolute Gasteiger partial charge is 0.337 e. The van der Waals surface area contributed by atoms with Crippen molar-refractivity contribution in [2.75, 3.05) is 11.1 Å². The highest BCUT2D eigenvalue weighted by Crippen LogP contribution is 2.18. The summed E-state index contributed by atoms with van der Waals surface area (Å²) < 4.78 is 0. The van der Waals surface area contributed by atoms with Crippen LogP contribution < -0.4 is 11.1 Å².